The summed E-state index contributed by atoms with van der Waals surface area (Å²) in [6.07, 6.45) is 0.819. The summed E-state index contributed by atoms with van der Waals surface area (Å²) >= 11 is 7.50. The van der Waals surface area contributed by atoms with Gasteiger partial charge < -0.3 is 9.09 Å². The van der Waals surface area contributed by atoms with Gasteiger partial charge in [0.15, 0.2) is 16.8 Å². The molecule has 0 amide bonds. The van der Waals surface area contributed by atoms with Gasteiger partial charge in [-0.25, -0.2) is 0 Å². The molecule has 0 atom stereocenters. The fraction of sp³-hybridized carbons (Fsp3) is 0.412. The maximum absolute atomic E-state index is 5.96. The molecule has 3 aromatic rings. The predicted octanol–water partition coefficient (Wildman–Crippen LogP) is 4.49. The zero-order valence-corrected chi connectivity index (χ0v) is 16.0. The van der Waals surface area contributed by atoms with Crippen LogP contribution in [0.2, 0.25) is 5.02 Å². The molecule has 0 saturated carbocycles. The normalized spacial score (nSPS) is 11.4. The molecule has 3 rings (SSSR count). The third-order valence-corrected chi connectivity index (χ3v) is 4.76. The Labute approximate surface area is 156 Å². The highest BCUT2D eigenvalue weighted by Crippen LogP contribution is 2.26. The number of nitrogens with zero attached hydrogens (tertiary/aromatic N) is 5. The van der Waals surface area contributed by atoms with Crippen LogP contribution in [-0.2, 0) is 18.7 Å². The van der Waals surface area contributed by atoms with Gasteiger partial charge in [0.1, 0.15) is 0 Å². The van der Waals surface area contributed by atoms with Crippen molar-refractivity contribution in [2.24, 2.45) is 5.92 Å². The number of hydrogen-bond acceptors (Lipinski definition) is 6. The largest absolute Gasteiger partial charge is 0.338 e. The first-order chi connectivity index (χ1) is 12.1. The molecule has 0 aliphatic rings. The van der Waals surface area contributed by atoms with E-state index in [1.54, 1.807) is 11.8 Å². The first kappa shape index (κ1) is 17.9. The lowest BCUT2D eigenvalue weighted by molar-refractivity contribution is 0.382. The highest BCUT2D eigenvalue weighted by Gasteiger charge is 2.15. The number of rotatable bonds is 7. The lowest BCUT2D eigenvalue weighted by Gasteiger charge is -2.06. The summed E-state index contributed by atoms with van der Waals surface area (Å²) < 4.78 is 7.38. The maximum atomic E-state index is 5.96. The van der Waals surface area contributed by atoms with Gasteiger partial charge in [-0.2, -0.15) is 4.98 Å². The Hall–Kier alpha value is -1.86. The third kappa shape index (κ3) is 4.41. The number of halogens is 1. The second kappa shape index (κ2) is 8.01. The van der Waals surface area contributed by atoms with Gasteiger partial charge in [-0.05, 0) is 37.1 Å². The Bertz CT molecular complexity index is 828. The topological polar surface area (TPSA) is 69.6 Å². The molecule has 0 fully saturated rings. The summed E-state index contributed by atoms with van der Waals surface area (Å²) in [7, 11) is 0. The molecule has 0 aliphatic heterocycles. The minimum atomic E-state index is 0.503. The molecule has 0 aliphatic carbocycles. The number of benzene rings is 1. The molecule has 132 valence electrons. The van der Waals surface area contributed by atoms with E-state index < -0.39 is 0 Å². The van der Waals surface area contributed by atoms with Crippen molar-refractivity contribution in [1.29, 1.82) is 0 Å². The minimum absolute atomic E-state index is 0.503. The van der Waals surface area contributed by atoms with Crippen molar-refractivity contribution in [3.05, 3.63) is 41.0 Å². The van der Waals surface area contributed by atoms with E-state index in [9.17, 15) is 0 Å². The van der Waals surface area contributed by atoms with Crippen molar-refractivity contribution in [3.8, 4) is 11.4 Å². The Morgan fingerprint density at radius 3 is 2.64 bits per heavy atom. The van der Waals surface area contributed by atoms with E-state index in [-0.39, 0.29) is 0 Å². The average molecular weight is 378 g/mol. The van der Waals surface area contributed by atoms with Crippen LogP contribution in [0.4, 0.5) is 0 Å². The summed E-state index contributed by atoms with van der Waals surface area (Å²) in [6.45, 7) is 7.11. The van der Waals surface area contributed by atoms with Gasteiger partial charge in [0.25, 0.3) is 0 Å². The highest BCUT2D eigenvalue weighted by molar-refractivity contribution is 7.98. The molecule has 6 nitrogen and oxygen atoms in total. The highest BCUT2D eigenvalue weighted by atomic mass is 35.5. The molecular weight excluding hydrogens is 358 g/mol. The van der Waals surface area contributed by atoms with Crippen LogP contribution in [0.1, 0.15) is 32.5 Å². The second-order valence-corrected chi connectivity index (χ2v) is 7.43. The molecule has 0 bridgehead atoms. The van der Waals surface area contributed by atoms with E-state index in [0.717, 1.165) is 35.3 Å². The van der Waals surface area contributed by atoms with Crippen molar-refractivity contribution < 1.29 is 4.52 Å². The van der Waals surface area contributed by atoms with Crippen LogP contribution in [-0.4, -0.2) is 24.9 Å². The first-order valence-electron chi connectivity index (χ1n) is 8.20. The average Bonchev–Trinajstić information content (AvgIpc) is 3.19. The zero-order chi connectivity index (χ0) is 17.8. The van der Waals surface area contributed by atoms with Crippen molar-refractivity contribution in [3.63, 3.8) is 0 Å². The van der Waals surface area contributed by atoms with Crippen LogP contribution in [0.5, 0.6) is 0 Å². The Morgan fingerprint density at radius 2 is 1.96 bits per heavy atom. The van der Waals surface area contributed by atoms with Crippen LogP contribution in [0, 0.1) is 5.92 Å². The molecule has 2 aromatic heterocycles. The summed E-state index contributed by atoms with van der Waals surface area (Å²) in [5.41, 5.74) is 0.989. The Morgan fingerprint density at radius 1 is 1.20 bits per heavy atom. The zero-order valence-electron chi connectivity index (χ0n) is 14.4. The smallest absolute Gasteiger partial charge is 0.237 e. The number of aromatic nitrogens is 5. The van der Waals surface area contributed by atoms with Gasteiger partial charge >= 0.3 is 0 Å². The number of thioether (sulfide) groups is 1. The monoisotopic (exact) mass is 377 g/mol. The molecule has 0 saturated heterocycles. The van der Waals surface area contributed by atoms with E-state index in [0.29, 0.717) is 22.6 Å². The lowest BCUT2D eigenvalue weighted by atomic mass is 10.1. The molecular formula is C17H20ClN5OS. The number of hydrogen-bond donors (Lipinski definition) is 0. The molecule has 2 heterocycles. The third-order valence-electron chi connectivity index (χ3n) is 3.56. The second-order valence-electron chi connectivity index (χ2n) is 6.05. The lowest BCUT2D eigenvalue weighted by Crippen LogP contribution is -2.00. The van der Waals surface area contributed by atoms with Gasteiger partial charge in [0, 0.05) is 23.6 Å². The van der Waals surface area contributed by atoms with Crippen LogP contribution in [0.25, 0.3) is 11.4 Å². The summed E-state index contributed by atoms with van der Waals surface area (Å²) in [6, 6.07) is 7.60. The molecule has 8 heteroatoms. The van der Waals surface area contributed by atoms with Crippen LogP contribution in [0.3, 0.4) is 0 Å². The predicted molar refractivity (Wildman–Crippen MR) is 98.5 cm³/mol. The van der Waals surface area contributed by atoms with Crippen LogP contribution >= 0.6 is 23.4 Å². The Balaban J connectivity index is 1.73. The first-order valence-corrected chi connectivity index (χ1v) is 9.56. The SMILES string of the molecule is CCn1c(SCc2nc(CC(C)C)no2)nnc1-c1ccc(Cl)cc1. The molecule has 0 N–H and O–H groups in total. The van der Waals surface area contributed by atoms with Gasteiger partial charge in [0.2, 0.25) is 5.89 Å². The fourth-order valence-corrected chi connectivity index (χ4v) is 3.38. The van der Waals surface area contributed by atoms with Crippen molar-refractivity contribution in [2.75, 3.05) is 0 Å². The van der Waals surface area contributed by atoms with Crippen molar-refractivity contribution in [1.82, 2.24) is 24.9 Å². The van der Waals surface area contributed by atoms with E-state index in [2.05, 4.69) is 45.7 Å². The maximum Gasteiger partial charge on any atom is 0.237 e. The van der Waals surface area contributed by atoms with E-state index >= 15 is 0 Å². The Kier molecular flexibility index (Phi) is 5.75. The quantitative estimate of drug-likeness (QED) is 0.565. The molecule has 25 heavy (non-hydrogen) atoms. The van der Waals surface area contributed by atoms with Crippen molar-refractivity contribution >= 4 is 23.4 Å². The van der Waals surface area contributed by atoms with Gasteiger partial charge in [0.05, 0.1) is 5.75 Å². The van der Waals surface area contributed by atoms with Gasteiger partial charge in [-0.1, -0.05) is 42.4 Å². The fourth-order valence-electron chi connectivity index (χ4n) is 2.42. The molecule has 0 radical (unpaired) electrons. The van der Waals surface area contributed by atoms with Crippen molar-refractivity contribution in [2.45, 2.75) is 44.6 Å². The van der Waals surface area contributed by atoms with E-state index in [1.165, 1.54) is 0 Å². The molecule has 0 spiro atoms. The van der Waals surface area contributed by atoms with Crippen LogP contribution < -0.4 is 0 Å². The minimum Gasteiger partial charge on any atom is -0.338 e. The summed E-state index contributed by atoms with van der Waals surface area (Å²) in [4.78, 5) is 4.42. The van der Waals surface area contributed by atoms with E-state index in [1.807, 2.05) is 24.3 Å². The summed E-state index contributed by atoms with van der Waals surface area (Å²) in [5, 5.41) is 14.2. The summed E-state index contributed by atoms with van der Waals surface area (Å²) in [5.74, 6) is 3.27. The van der Waals surface area contributed by atoms with E-state index in [4.69, 9.17) is 16.1 Å². The molecule has 0 unspecified atom stereocenters. The van der Waals surface area contributed by atoms with Gasteiger partial charge in [-0.3, -0.25) is 0 Å². The standard InChI is InChI=1S/C17H20ClN5OS/c1-4-23-16(12-5-7-13(18)8-6-12)20-21-17(23)25-10-15-19-14(22-24-15)9-11(2)3/h5-8,11H,4,9-10H2,1-3H3. The van der Waals surface area contributed by atoms with Crippen LogP contribution in [0.15, 0.2) is 33.9 Å². The van der Waals surface area contributed by atoms with Gasteiger partial charge in [-0.15, -0.1) is 10.2 Å². The molecule has 1 aromatic carbocycles.